The lowest BCUT2D eigenvalue weighted by Crippen LogP contribution is -2.35. The van der Waals surface area contributed by atoms with Crippen LogP contribution in [0.4, 0.5) is 0 Å². The van der Waals surface area contributed by atoms with Gasteiger partial charge in [0.25, 0.3) is 0 Å². The maximum atomic E-state index is 5.92. The van der Waals surface area contributed by atoms with Crippen molar-refractivity contribution in [3.63, 3.8) is 0 Å². The van der Waals surface area contributed by atoms with E-state index in [0.29, 0.717) is 6.04 Å². The molecule has 0 aromatic rings. The van der Waals surface area contributed by atoms with E-state index in [1.54, 1.807) is 0 Å². The van der Waals surface area contributed by atoms with Crippen LogP contribution in [0.2, 0.25) is 0 Å². The van der Waals surface area contributed by atoms with E-state index in [-0.39, 0.29) is 5.54 Å². The summed E-state index contributed by atoms with van der Waals surface area (Å²) in [5.41, 5.74) is 5.91. The van der Waals surface area contributed by atoms with Gasteiger partial charge in [-0.05, 0) is 47.2 Å². The van der Waals surface area contributed by atoms with Gasteiger partial charge in [-0.2, -0.15) is 0 Å². The first kappa shape index (κ1) is 11.9. The maximum Gasteiger partial charge on any atom is 0.00976 e. The van der Waals surface area contributed by atoms with E-state index in [1.807, 2.05) is 0 Å². The fraction of sp³-hybridized carbons (Fsp3) is 1.00. The van der Waals surface area contributed by atoms with Crippen molar-refractivity contribution in [2.24, 2.45) is 5.73 Å². The molecule has 2 heteroatoms. The molecular formula is C10H24N2. The first-order valence-electron chi connectivity index (χ1n) is 4.82. The lowest BCUT2D eigenvalue weighted by molar-refractivity contribution is 0.251. The monoisotopic (exact) mass is 172 g/mol. The minimum atomic E-state index is -0.0105. The summed E-state index contributed by atoms with van der Waals surface area (Å²) >= 11 is 0. The van der Waals surface area contributed by atoms with E-state index in [4.69, 9.17) is 5.73 Å². The van der Waals surface area contributed by atoms with Gasteiger partial charge in [-0.1, -0.05) is 6.92 Å². The van der Waals surface area contributed by atoms with Gasteiger partial charge in [0, 0.05) is 11.6 Å². The van der Waals surface area contributed by atoms with Crippen LogP contribution in [0.1, 0.15) is 40.0 Å². The summed E-state index contributed by atoms with van der Waals surface area (Å²) in [5.74, 6) is 0. The van der Waals surface area contributed by atoms with Crippen molar-refractivity contribution in [2.45, 2.75) is 51.6 Å². The summed E-state index contributed by atoms with van der Waals surface area (Å²) in [6.07, 6.45) is 3.51. The van der Waals surface area contributed by atoms with Gasteiger partial charge in [-0.3, -0.25) is 0 Å². The van der Waals surface area contributed by atoms with Crippen LogP contribution in [0.3, 0.4) is 0 Å². The van der Waals surface area contributed by atoms with Crippen molar-refractivity contribution in [3.05, 3.63) is 0 Å². The Morgan fingerprint density at radius 2 is 1.83 bits per heavy atom. The molecule has 2 nitrogen and oxygen atoms in total. The number of hydrogen-bond acceptors (Lipinski definition) is 2. The largest absolute Gasteiger partial charge is 0.326 e. The molecule has 74 valence electrons. The molecule has 0 fully saturated rings. The molecule has 0 aliphatic carbocycles. The molecule has 0 heterocycles. The Morgan fingerprint density at radius 3 is 2.08 bits per heavy atom. The summed E-state index contributed by atoms with van der Waals surface area (Å²) in [6.45, 7) is 6.42. The Bertz CT molecular complexity index is 113. The zero-order valence-corrected chi connectivity index (χ0v) is 9.22. The molecule has 1 atom stereocenters. The quantitative estimate of drug-likeness (QED) is 0.685. The van der Waals surface area contributed by atoms with Gasteiger partial charge in [-0.15, -0.1) is 0 Å². The zero-order valence-electron chi connectivity index (χ0n) is 9.22. The standard InChI is InChI=1S/C10H24N2/c1-6-9(12(4)5)7-8-10(2,3)11/h9H,6-8,11H2,1-5H3. The average molecular weight is 172 g/mol. The van der Waals surface area contributed by atoms with Crippen LogP contribution >= 0.6 is 0 Å². The highest BCUT2D eigenvalue weighted by Gasteiger charge is 2.15. The topological polar surface area (TPSA) is 29.3 Å². The van der Waals surface area contributed by atoms with Crippen LogP contribution in [-0.2, 0) is 0 Å². The van der Waals surface area contributed by atoms with Crippen LogP contribution in [-0.4, -0.2) is 30.6 Å². The van der Waals surface area contributed by atoms with Gasteiger partial charge < -0.3 is 10.6 Å². The second kappa shape index (κ2) is 4.83. The molecule has 0 spiro atoms. The molecule has 1 unspecified atom stereocenters. The molecule has 0 aromatic carbocycles. The van der Waals surface area contributed by atoms with Gasteiger partial charge in [0.2, 0.25) is 0 Å². The highest BCUT2D eigenvalue weighted by Crippen LogP contribution is 2.13. The number of nitrogens with two attached hydrogens (primary N) is 1. The van der Waals surface area contributed by atoms with Crippen molar-refractivity contribution in [3.8, 4) is 0 Å². The van der Waals surface area contributed by atoms with E-state index in [1.165, 1.54) is 12.8 Å². The molecule has 0 aromatic heterocycles. The molecule has 0 radical (unpaired) electrons. The Balaban J connectivity index is 3.73. The first-order valence-corrected chi connectivity index (χ1v) is 4.82. The highest BCUT2D eigenvalue weighted by molar-refractivity contribution is 4.75. The molecule has 0 saturated heterocycles. The smallest absolute Gasteiger partial charge is 0.00976 e. The van der Waals surface area contributed by atoms with Crippen molar-refractivity contribution in [2.75, 3.05) is 14.1 Å². The molecule has 0 aliphatic heterocycles. The van der Waals surface area contributed by atoms with E-state index in [2.05, 4.69) is 39.8 Å². The number of hydrogen-bond donors (Lipinski definition) is 1. The summed E-state index contributed by atoms with van der Waals surface area (Å²) in [7, 11) is 4.27. The van der Waals surface area contributed by atoms with Crippen molar-refractivity contribution < 1.29 is 0 Å². The van der Waals surface area contributed by atoms with Crippen LogP contribution < -0.4 is 5.73 Å². The van der Waals surface area contributed by atoms with E-state index >= 15 is 0 Å². The van der Waals surface area contributed by atoms with Crippen molar-refractivity contribution in [1.29, 1.82) is 0 Å². The van der Waals surface area contributed by atoms with Gasteiger partial charge in [0.05, 0.1) is 0 Å². The Kier molecular flexibility index (Phi) is 4.80. The number of nitrogens with zero attached hydrogens (tertiary/aromatic N) is 1. The zero-order chi connectivity index (χ0) is 9.78. The molecule has 0 saturated carbocycles. The molecule has 0 aliphatic rings. The molecule has 2 N–H and O–H groups in total. The molecule has 0 amide bonds. The van der Waals surface area contributed by atoms with Crippen LogP contribution in [0, 0.1) is 0 Å². The predicted octanol–water partition coefficient (Wildman–Crippen LogP) is 1.84. The highest BCUT2D eigenvalue weighted by atomic mass is 15.1. The summed E-state index contributed by atoms with van der Waals surface area (Å²) < 4.78 is 0. The molecule has 0 rings (SSSR count). The van der Waals surface area contributed by atoms with E-state index in [0.717, 1.165) is 6.42 Å². The minimum Gasteiger partial charge on any atom is -0.326 e. The van der Waals surface area contributed by atoms with Crippen molar-refractivity contribution >= 4 is 0 Å². The SMILES string of the molecule is CCC(CCC(C)(C)N)N(C)C. The lowest BCUT2D eigenvalue weighted by Gasteiger charge is -2.26. The van der Waals surface area contributed by atoms with E-state index in [9.17, 15) is 0 Å². The van der Waals surface area contributed by atoms with Gasteiger partial charge in [0.1, 0.15) is 0 Å². The van der Waals surface area contributed by atoms with E-state index < -0.39 is 0 Å². The predicted molar refractivity (Wildman–Crippen MR) is 55.3 cm³/mol. The first-order chi connectivity index (χ1) is 5.37. The third-order valence-electron chi connectivity index (χ3n) is 2.32. The average Bonchev–Trinajstić information content (AvgIpc) is 1.85. The van der Waals surface area contributed by atoms with Crippen molar-refractivity contribution in [1.82, 2.24) is 4.90 Å². The molecular weight excluding hydrogens is 148 g/mol. The summed E-state index contributed by atoms with van der Waals surface area (Å²) in [4.78, 5) is 2.28. The molecule has 12 heavy (non-hydrogen) atoms. The third-order valence-corrected chi connectivity index (χ3v) is 2.32. The van der Waals surface area contributed by atoms with Crippen LogP contribution in [0.25, 0.3) is 0 Å². The van der Waals surface area contributed by atoms with Crippen LogP contribution in [0.5, 0.6) is 0 Å². The van der Waals surface area contributed by atoms with Crippen LogP contribution in [0.15, 0.2) is 0 Å². The minimum absolute atomic E-state index is 0.0105. The Labute approximate surface area is 77.1 Å². The fourth-order valence-electron chi connectivity index (χ4n) is 1.37. The van der Waals surface area contributed by atoms with Gasteiger partial charge >= 0.3 is 0 Å². The third kappa shape index (κ3) is 5.56. The Morgan fingerprint density at radius 1 is 1.33 bits per heavy atom. The maximum absolute atomic E-state index is 5.92. The summed E-state index contributed by atoms with van der Waals surface area (Å²) in [6, 6.07) is 0.688. The molecule has 0 bridgehead atoms. The van der Waals surface area contributed by atoms with Gasteiger partial charge in [-0.25, -0.2) is 0 Å². The second-order valence-corrected chi connectivity index (χ2v) is 4.55. The second-order valence-electron chi connectivity index (χ2n) is 4.55. The Hall–Kier alpha value is -0.0800. The fourth-order valence-corrected chi connectivity index (χ4v) is 1.37. The normalized spacial score (nSPS) is 15.2. The number of rotatable bonds is 5. The van der Waals surface area contributed by atoms with Gasteiger partial charge in [0.15, 0.2) is 0 Å². The summed E-state index contributed by atoms with van der Waals surface area (Å²) in [5, 5.41) is 0. The lowest BCUT2D eigenvalue weighted by atomic mass is 9.95.